The van der Waals surface area contributed by atoms with Crippen LogP contribution >= 0.6 is 11.8 Å². The second-order valence-corrected chi connectivity index (χ2v) is 6.23. The molecule has 0 aromatic heterocycles. The maximum atomic E-state index is 13.5. The summed E-state index contributed by atoms with van der Waals surface area (Å²) in [6, 6.07) is 13.4. The molecule has 0 aliphatic heterocycles. The number of hydrogen-bond acceptors (Lipinski definition) is 4. The van der Waals surface area contributed by atoms with Gasteiger partial charge in [0, 0.05) is 17.5 Å². The Hall–Kier alpha value is -2.67. The van der Waals surface area contributed by atoms with Gasteiger partial charge >= 0.3 is 0 Å². The number of nitrogens with zero attached hydrogens (tertiary/aromatic N) is 1. The lowest BCUT2D eigenvalue weighted by Crippen LogP contribution is -2.21. The van der Waals surface area contributed by atoms with Crippen LogP contribution in [0.5, 0.6) is 0 Å². The summed E-state index contributed by atoms with van der Waals surface area (Å²) in [5.41, 5.74) is 4.47. The maximum Gasteiger partial charge on any atom is 0.250 e. The lowest BCUT2D eigenvalue weighted by atomic mass is 10.1. The summed E-state index contributed by atoms with van der Waals surface area (Å²) < 4.78 is 13.5. The number of thioether (sulfide) groups is 1. The van der Waals surface area contributed by atoms with E-state index in [0.717, 1.165) is 17.3 Å². The van der Waals surface area contributed by atoms with Gasteiger partial charge < -0.3 is 5.32 Å². The Balaban J connectivity index is 1.93. The van der Waals surface area contributed by atoms with Crippen LogP contribution in [-0.4, -0.2) is 23.3 Å². The zero-order chi connectivity index (χ0) is 18.2. The molecular formula is C18H18FN3O2S. The standard InChI is InChI=1S/C18H18FN3O2S/c1-12(14-6-5-7-15(10-14)20-13(2)23)21-22-18(24)11-25-17-9-4-3-8-16(17)19/h3-10H,11H2,1-2H3,(H,20,23)(H,22,24)/b21-12-. The highest BCUT2D eigenvalue weighted by atomic mass is 32.2. The van der Waals surface area contributed by atoms with Gasteiger partial charge in [0.2, 0.25) is 11.8 Å². The number of anilines is 1. The van der Waals surface area contributed by atoms with E-state index >= 15 is 0 Å². The molecule has 0 fully saturated rings. The number of nitrogens with one attached hydrogen (secondary N) is 2. The van der Waals surface area contributed by atoms with E-state index in [2.05, 4.69) is 15.8 Å². The van der Waals surface area contributed by atoms with Crippen LogP contribution < -0.4 is 10.7 Å². The van der Waals surface area contributed by atoms with Gasteiger partial charge in [-0.3, -0.25) is 9.59 Å². The van der Waals surface area contributed by atoms with E-state index in [1.807, 2.05) is 6.07 Å². The van der Waals surface area contributed by atoms with Gasteiger partial charge in [0.05, 0.1) is 11.5 Å². The average Bonchev–Trinajstić information content (AvgIpc) is 2.58. The SMILES string of the molecule is CC(=O)Nc1cccc(/C(C)=N\NC(=O)CSc2ccccc2F)c1. The molecule has 7 heteroatoms. The van der Waals surface area contributed by atoms with Gasteiger partial charge in [-0.2, -0.15) is 5.10 Å². The van der Waals surface area contributed by atoms with E-state index in [-0.39, 0.29) is 23.4 Å². The van der Waals surface area contributed by atoms with E-state index < -0.39 is 0 Å². The minimum absolute atomic E-state index is 0.0592. The zero-order valence-corrected chi connectivity index (χ0v) is 14.7. The normalized spacial score (nSPS) is 11.1. The summed E-state index contributed by atoms with van der Waals surface area (Å²) in [5, 5.41) is 6.74. The molecule has 2 amide bonds. The van der Waals surface area contributed by atoms with E-state index in [9.17, 15) is 14.0 Å². The molecule has 0 heterocycles. The summed E-state index contributed by atoms with van der Waals surface area (Å²) in [7, 11) is 0. The molecule has 2 rings (SSSR count). The number of carbonyl (C=O) groups is 2. The molecule has 0 saturated carbocycles. The molecule has 2 aromatic rings. The van der Waals surface area contributed by atoms with Crippen molar-refractivity contribution in [1.82, 2.24) is 5.43 Å². The van der Waals surface area contributed by atoms with Crippen molar-refractivity contribution in [3.63, 3.8) is 0 Å². The quantitative estimate of drug-likeness (QED) is 0.472. The van der Waals surface area contributed by atoms with Gasteiger partial charge in [-0.15, -0.1) is 11.8 Å². The lowest BCUT2D eigenvalue weighted by Gasteiger charge is -2.06. The molecule has 0 atom stereocenters. The number of amides is 2. The van der Waals surface area contributed by atoms with E-state index in [0.29, 0.717) is 16.3 Å². The molecular weight excluding hydrogens is 341 g/mol. The molecule has 0 spiro atoms. The fourth-order valence-corrected chi connectivity index (χ4v) is 2.71. The summed E-state index contributed by atoms with van der Waals surface area (Å²) in [4.78, 5) is 23.4. The van der Waals surface area contributed by atoms with Crippen LogP contribution in [0.25, 0.3) is 0 Å². The number of halogens is 1. The first kappa shape index (κ1) is 18.7. The maximum absolute atomic E-state index is 13.5. The molecule has 2 aromatic carbocycles. The average molecular weight is 359 g/mol. The minimum Gasteiger partial charge on any atom is -0.326 e. The van der Waals surface area contributed by atoms with Crippen LogP contribution in [0.4, 0.5) is 10.1 Å². The van der Waals surface area contributed by atoms with E-state index in [4.69, 9.17) is 0 Å². The van der Waals surface area contributed by atoms with Gasteiger partial charge in [-0.25, -0.2) is 9.82 Å². The Kier molecular flexibility index (Phi) is 6.71. The molecule has 0 aliphatic rings. The summed E-state index contributed by atoms with van der Waals surface area (Å²) in [6.07, 6.45) is 0. The van der Waals surface area contributed by atoms with Crippen LogP contribution in [0, 0.1) is 5.82 Å². The molecule has 0 radical (unpaired) electrons. The summed E-state index contributed by atoms with van der Waals surface area (Å²) in [5.74, 6) is -0.783. The van der Waals surface area contributed by atoms with Crippen molar-refractivity contribution >= 4 is 35.0 Å². The number of rotatable bonds is 6. The molecule has 5 nitrogen and oxygen atoms in total. The van der Waals surface area contributed by atoms with Gasteiger partial charge in [0.1, 0.15) is 5.82 Å². The molecule has 0 saturated heterocycles. The zero-order valence-electron chi connectivity index (χ0n) is 13.9. The Labute approximate surface area is 149 Å². The Morgan fingerprint density at radius 3 is 2.60 bits per heavy atom. The molecule has 0 unspecified atom stereocenters. The summed E-state index contributed by atoms with van der Waals surface area (Å²) >= 11 is 1.11. The lowest BCUT2D eigenvalue weighted by molar-refractivity contribution is -0.118. The monoisotopic (exact) mass is 359 g/mol. The first-order chi connectivity index (χ1) is 12.0. The van der Waals surface area contributed by atoms with Gasteiger partial charge in [-0.1, -0.05) is 24.3 Å². The van der Waals surface area contributed by atoms with Crippen LogP contribution in [0.1, 0.15) is 19.4 Å². The fraction of sp³-hybridized carbons (Fsp3) is 0.167. The fourth-order valence-electron chi connectivity index (χ4n) is 1.97. The number of hydrazone groups is 1. The molecule has 25 heavy (non-hydrogen) atoms. The van der Waals surface area contributed by atoms with Gasteiger partial charge in [0.25, 0.3) is 0 Å². The molecule has 130 valence electrons. The topological polar surface area (TPSA) is 70.6 Å². The highest BCUT2D eigenvalue weighted by Gasteiger charge is 2.06. The van der Waals surface area contributed by atoms with Gasteiger partial charge in [0.15, 0.2) is 0 Å². The third-order valence-electron chi connectivity index (χ3n) is 3.14. The van der Waals surface area contributed by atoms with Crippen molar-refractivity contribution in [1.29, 1.82) is 0 Å². The van der Waals surface area contributed by atoms with Crippen molar-refractivity contribution in [3.8, 4) is 0 Å². The Morgan fingerprint density at radius 2 is 1.88 bits per heavy atom. The summed E-state index contributed by atoms with van der Waals surface area (Å²) in [6.45, 7) is 3.18. The second kappa shape index (κ2) is 8.98. The predicted octanol–water partition coefficient (Wildman–Crippen LogP) is 3.42. The van der Waals surface area contributed by atoms with Crippen LogP contribution in [0.15, 0.2) is 58.5 Å². The van der Waals surface area contributed by atoms with Crippen molar-refractivity contribution in [3.05, 3.63) is 59.9 Å². The number of hydrogen-bond donors (Lipinski definition) is 2. The first-order valence-corrected chi connectivity index (χ1v) is 8.53. The highest BCUT2D eigenvalue weighted by Crippen LogP contribution is 2.20. The van der Waals surface area contributed by atoms with Gasteiger partial charge in [-0.05, 0) is 36.8 Å². The van der Waals surface area contributed by atoms with Crippen LogP contribution in [0.3, 0.4) is 0 Å². The van der Waals surface area contributed by atoms with Crippen LogP contribution in [-0.2, 0) is 9.59 Å². The van der Waals surface area contributed by atoms with Crippen LogP contribution in [0.2, 0.25) is 0 Å². The second-order valence-electron chi connectivity index (χ2n) is 5.21. The largest absolute Gasteiger partial charge is 0.326 e. The number of benzene rings is 2. The van der Waals surface area contributed by atoms with Crippen molar-refractivity contribution < 1.29 is 14.0 Å². The van der Waals surface area contributed by atoms with Crippen molar-refractivity contribution in [2.45, 2.75) is 18.7 Å². The molecule has 0 aliphatic carbocycles. The van der Waals surface area contributed by atoms with E-state index in [1.165, 1.54) is 13.0 Å². The molecule has 0 bridgehead atoms. The predicted molar refractivity (Wildman–Crippen MR) is 98.2 cm³/mol. The van der Waals surface area contributed by atoms with Crippen molar-refractivity contribution in [2.75, 3.05) is 11.1 Å². The van der Waals surface area contributed by atoms with Crippen molar-refractivity contribution in [2.24, 2.45) is 5.10 Å². The highest BCUT2D eigenvalue weighted by molar-refractivity contribution is 8.00. The third-order valence-corrected chi connectivity index (χ3v) is 4.19. The smallest absolute Gasteiger partial charge is 0.250 e. The first-order valence-electron chi connectivity index (χ1n) is 7.54. The molecule has 2 N–H and O–H groups in total. The third kappa shape index (κ3) is 6.04. The Morgan fingerprint density at radius 1 is 1.12 bits per heavy atom. The Bertz CT molecular complexity index is 808. The number of carbonyl (C=O) groups excluding carboxylic acids is 2. The minimum atomic E-state index is -0.352. The van der Waals surface area contributed by atoms with E-state index in [1.54, 1.807) is 43.3 Å².